The number of carboxylic acid groups (broad SMARTS) is 1. The fraction of sp³-hybridized carbons (Fsp3) is 0.759. The normalized spacial score (nSPS) is 13.4. The number of likely N-dealkylation sites (N-methyl/N-ethyl adjacent to an activating group) is 1. The molecular formula is C54H96NO7+. The third kappa shape index (κ3) is 42.3. The molecule has 0 fully saturated rings. The van der Waals surface area contributed by atoms with Crippen molar-refractivity contribution in [1.29, 1.82) is 0 Å². The van der Waals surface area contributed by atoms with Crippen LogP contribution < -0.4 is 0 Å². The summed E-state index contributed by atoms with van der Waals surface area (Å²) < 4.78 is 17.3. The van der Waals surface area contributed by atoms with Crippen molar-refractivity contribution in [3.8, 4) is 0 Å². The van der Waals surface area contributed by atoms with E-state index in [2.05, 4.69) is 74.6 Å². The van der Waals surface area contributed by atoms with Crippen LogP contribution >= 0.6 is 0 Å². The highest BCUT2D eigenvalue weighted by Gasteiger charge is 2.31. The average Bonchev–Trinajstić information content (AvgIpc) is 3.23. The molecule has 0 aliphatic carbocycles. The van der Waals surface area contributed by atoms with Crippen molar-refractivity contribution in [2.75, 3.05) is 41.0 Å². The third-order valence-corrected chi connectivity index (χ3v) is 11.2. The van der Waals surface area contributed by atoms with Crippen LogP contribution in [0.3, 0.4) is 0 Å². The first-order valence-corrected chi connectivity index (χ1v) is 25.3. The van der Waals surface area contributed by atoms with Crippen LogP contribution in [-0.2, 0) is 28.6 Å². The van der Waals surface area contributed by atoms with Crippen LogP contribution in [-0.4, -0.2) is 80.6 Å². The zero-order valence-electron chi connectivity index (χ0n) is 40.8. The number of hydrogen-bond acceptors (Lipinski definition) is 6. The zero-order valence-corrected chi connectivity index (χ0v) is 40.8. The Kier molecular flexibility index (Phi) is 42.5. The van der Waals surface area contributed by atoms with Crippen LogP contribution in [0.25, 0.3) is 0 Å². The molecular weight excluding hydrogens is 775 g/mol. The molecule has 0 radical (unpaired) electrons. The predicted octanol–water partition coefficient (Wildman–Crippen LogP) is 14.5. The van der Waals surface area contributed by atoms with Gasteiger partial charge in [0.1, 0.15) is 6.61 Å². The minimum atomic E-state index is -0.877. The molecule has 2 atom stereocenters. The summed E-state index contributed by atoms with van der Waals surface area (Å²) in [5.41, 5.74) is 0. The number of carbonyl (C=O) groups excluding carboxylic acids is 2. The van der Waals surface area contributed by atoms with Gasteiger partial charge in [-0.3, -0.25) is 9.59 Å². The Hall–Kier alpha value is -2.97. The quantitative estimate of drug-likeness (QED) is 0.0282. The van der Waals surface area contributed by atoms with Gasteiger partial charge in [0.2, 0.25) is 0 Å². The van der Waals surface area contributed by atoms with Crippen LogP contribution in [0.5, 0.6) is 0 Å². The lowest BCUT2D eigenvalue weighted by Crippen LogP contribution is -2.50. The molecule has 8 heteroatoms. The fourth-order valence-electron chi connectivity index (χ4n) is 7.30. The standard InChI is InChI=1S/C54H95NO7/c1-6-8-10-12-14-16-18-20-22-24-25-26-27-28-29-31-32-34-36-38-40-42-44-52(56)61-49-50(48-60-47-46-51(54(58)59)55(3,4)5)62-53(57)45-43-41-39-37-35-33-30-23-21-19-17-15-13-11-9-7-2/h8,10,14,16,20,22,25-26,28-29,50-51H,6-7,9,11-13,15,17-19,21,23-24,27,30-49H2,1-5H3/p+1/b10-8+,16-14+,22-20+,26-25+,29-28+. The SMILES string of the molecule is CC/C=C/C/C=C/C/C=C/C/C=C/C/C=C/CCCCCCCCC(=O)OCC(COCCC(C(=O)O)[N+](C)(C)C)OC(=O)CCCCCCCCCCCCCCCCCC. The predicted molar refractivity (Wildman–Crippen MR) is 261 cm³/mol. The number of rotatable bonds is 45. The van der Waals surface area contributed by atoms with Gasteiger partial charge in [-0.1, -0.05) is 197 Å². The number of unbranched alkanes of at least 4 members (excludes halogenated alkanes) is 21. The minimum Gasteiger partial charge on any atom is -0.477 e. The van der Waals surface area contributed by atoms with Gasteiger partial charge >= 0.3 is 17.9 Å². The van der Waals surface area contributed by atoms with E-state index < -0.39 is 18.1 Å². The molecule has 62 heavy (non-hydrogen) atoms. The van der Waals surface area contributed by atoms with Gasteiger partial charge in [-0.15, -0.1) is 0 Å². The first-order valence-electron chi connectivity index (χ1n) is 25.3. The highest BCUT2D eigenvalue weighted by molar-refractivity contribution is 5.72. The molecule has 1 N–H and O–H groups in total. The Bertz CT molecular complexity index is 1200. The number of allylic oxidation sites excluding steroid dienone is 10. The van der Waals surface area contributed by atoms with E-state index in [0.717, 1.165) is 83.5 Å². The maximum atomic E-state index is 12.8. The maximum Gasteiger partial charge on any atom is 0.362 e. The van der Waals surface area contributed by atoms with Crippen LogP contribution in [0.2, 0.25) is 0 Å². The van der Waals surface area contributed by atoms with Crippen molar-refractivity contribution in [2.24, 2.45) is 0 Å². The van der Waals surface area contributed by atoms with Crippen molar-refractivity contribution < 1.29 is 38.2 Å². The summed E-state index contributed by atoms with van der Waals surface area (Å²) in [6.45, 7) is 4.63. The molecule has 0 saturated carbocycles. The monoisotopic (exact) mass is 871 g/mol. The summed E-state index contributed by atoms with van der Waals surface area (Å²) in [5, 5.41) is 9.65. The Morgan fingerprint density at radius 2 is 0.903 bits per heavy atom. The number of carboxylic acids is 1. The van der Waals surface area contributed by atoms with E-state index in [0.29, 0.717) is 19.3 Å². The molecule has 0 heterocycles. The molecule has 0 aromatic rings. The molecule has 0 aliphatic heterocycles. The molecule has 358 valence electrons. The largest absolute Gasteiger partial charge is 0.477 e. The summed E-state index contributed by atoms with van der Waals surface area (Å²) in [4.78, 5) is 37.1. The van der Waals surface area contributed by atoms with E-state index in [1.807, 2.05) is 21.1 Å². The molecule has 0 spiro atoms. The number of nitrogens with zero attached hydrogens (tertiary/aromatic N) is 1. The third-order valence-electron chi connectivity index (χ3n) is 11.2. The highest BCUT2D eigenvalue weighted by atomic mass is 16.6. The van der Waals surface area contributed by atoms with E-state index in [-0.39, 0.29) is 36.2 Å². The Morgan fingerprint density at radius 1 is 0.500 bits per heavy atom. The highest BCUT2D eigenvalue weighted by Crippen LogP contribution is 2.16. The van der Waals surface area contributed by atoms with E-state index in [1.165, 1.54) is 96.3 Å². The van der Waals surface area contributed by atoms with Crippen molar-refractivity contribution in [3.05, 3.63) is 60.8 Å². The topological polar surface area (TPSA) is 99.1 Å². The van der Waals surface area contributed by atoms with Crippen LogP contribution in [0.4, 0.5) is 0 Å². The summed E-state index contributed by atoms with van der Waals surface area (Å²) in [5.74, 6) is -1.48. The summed E-state index contributed by atoms with van der Waals surface area (Å²) in [6, 6.07) is -0.618. The molecule has 0 rings (SSSR count). The summed E-state index contributed by atoms with van der Waals surface area (Å²) in [7, 11) is 5.53. The number of quaternary nitrogens is 1. The van der Waals surface area contributed by atoms with E-state index in [9.17, 15) is 19.5 Å². The van der Waals surface area contributed by atoms with Crippen molar-refractivity contribution in [3.63, 3.8) is 0 Å². The molecule has 8 nitrogen and oxygen atoms in total. The van der Waals surface area contributed by atoms with Gasteiger partial charge in [-0.25, -0.2) is 4.79 Å². The molecule has 0 aliphatic rings. The van der Waals surface area contributed by atoms with Crippen LogP contribution in [0, 0.1) is 0 Å². The van der Waals surface area contributed by atoms with Gasteiger partial charge in [0.15, 0.2) is 12.1 Å². The van der Waals surface area contributed by atoms with Crippen LogP contribution in [0.1, 0.15) is 213 Å². The summed E-state index contributed by atoms with van der Waals surface area (Å²) in [6.07, 6.45) is 55.5. The molecule has 0 aromatic carbocycles. The number of carbonyl (C=O) groups is 3. The first kappa shape index (κ1) is 59.0. The van der Waals surface area contributed by atoms with Gasteiger partial charge in [-0.2, -0.15) is 0 Å². The smallest absolute Gasteiger partial charge is 0.362 e. The Morgan fingerprint density at radius 3 is 1.34 bits per heavy atom. The fourth-order valence-corrected chi connectivity index (χ4v) is 7.30. The lowest BCUT2D eigenvalue weighted by Gasteiger charge is -2.31. The van der Waals surface area contributed by atoms with Gasteiger partial charge < -0.3 is 23.8 Å². The number of ether oxygens (including phenoxy) is 3. The van der Waals surface area contributed by atoms with Gasteiger partial charge in [0, 0.05) is 19.3 Å². The lowest BCUT2D eigenvalue weighted by atomic mass is 10.0. The second kappa shape index (κ2) is 44.6. The van der Waals surface area contributed by atoms with Crippen molar-refractivity contribution in [2.45, 2.75) is 225 Å². The number of aliphatic carboxylic acids is 1. The molecule has 2 unspecified atom stereocenters. The average molecular weight is 871 g/mol. The number of hydrogen-bond donors (Lipinski definition) is 1. The van der Waals surface area contributed by atoms with E-state index in [1.54, 1.807) is 0 Å². The molecule has 0 aromatic heterocycles. The lowest BCUT2D eigenvalue weighted by molar-refractivity contribution is -0.887. The first-order chi connectivity index (χ1) is 30.1. The zero-order chi connectivity index (χ0) is 45.6. The molecule has 0 amide bonds. The molecule has 0 saturated heterocycles. The second-order valence-electron chi connectivity index (χ2n) is 18.1. The van der Waals surface area contributed by atoms with Crippen LogP contribution in [0.15, 0.2) is 60.8 Å². The van der Waals surface area contributed by atoms with Crippen molar-refractivity contribution in [1.82, 2.24) is 0 Å². The minimum absolute atomic E-state index is 0.0566. The molecule has 0 bridgehead atoms. The van der Waals surface area contributed by atoms with E-state index in [4.69, 9.17) is 14.2 Å². The van der Waals surface area contributed by atoms with Crippen molar-refractivity contribution >= 4 is 17.9 Å². The Balaban J connectivity index is 4.27. The Labute approximate surface area is 381 Å². The van der Waals surface area contributed by atoms with Gasteiger partial charge in [-0.05, 0) is 57.8 Å². The van der Waals surface area contributed by atoms with Gasteiger partial charge in [0.25, 0.3) is 0 Å². The number of esters is 2. The second-order valence-corrected chi connectivity index (χ2v) is 18.1. The maximum absolute atomic E-state index is 12.8. The summed E-state index contributed by atoms with van der Waals surface area (Å²) >= 11 is 0. The van der Waals surface area contributed by atoms with Gasteiger partial charge in [0.05, 0.1) is 34.4 Å². The van der Waals surface area contributed by atoms with E-state index >= 15 is 0 Å².